The molecule has 230 valence electrons. The number of hydrogen-bond acceptors (Lipinski definition) is 7. The van der Waals surface area contributed by atoms with E-state index in [1.54, 1.807) is 19.1 Å². The SMILES string of the molecule is C[C@H]1NC(=O)CCC[C@H]2[C@@H]3C[C@H](CN2C(=O)[C@H](Cc2ccccc2)NC1=O)CN(S(=O)(=O)c1ccc2c(c1)OCCO2)C3. The van der Waals surface area contributed by atoms with E-state index in [0.29, 0.717) is 57.1 Å². The van der Waals surface area contributed by atoms with E-state index >= 15 is 0 Å². The third-order valence-electron chi connectivity index (χ3n) is 8.94. The molecule has 4 aliphatic rings. The van der Waals surface area contributed by atoms with Gasteiger partial charge in [0.25, 0.3) is 0 Å². The molecule has 2 N–H and O–H groups in total. The molecule has 43 heavy (non-hydrogen) atoms. The summed E-state index contributed by atoms with van der Waals surface area (Å²) in [4.78, 5) is 42.0. The number of carbonyl (C=O) groups is 3. The summed E-state index contributed by atoms with van der Waals surface area (Å²) < 4.78 is 40.4. The fraction of sp³-hybridized carbons (Fsp3) is 0.516. The van der Waals surface area contributed by atoms with Crippen molar-refractivity contribution in [2.45, 2.75) is 62.0 Å². The Balaban J connectivity index is 1.27. The predicted molar refractivity (Wildman–Crippen MR) is 157 cm³/mol. The smallest absolute Gasteiger partial charge is 0.245 e. The van der Waals surface area contributed by atoms with Gasteiger partial charge in [0.1, 0.15) is 25.3 Å². The lowest BCUT2D eigenvalue weighted by Crippen LogP contribution is -2.63. The van der Waals surface area contributed by atoms with Crippen LogP contribution in [0, 0.1) is 11.8 Å². The van der Waals surface area contributed by atoms with E-state index in [1.807, 2.05) is 35.2 Å². The number of nitrogens with zero attached hydrogens (tertiary/aromatic N) is 2. The van der Waals surface area contributed by atoms with Gasteiger partial charge in [0.05, 0.1) is 4.90 Å². The maximum absolute atomic E-state index is 14.3. The number of benzene rings is 2. The average Bonchev–Trinajstić information content (AvgIpc) is 3.00. The molecule has 0 radical (unpaired) electrons. The maximum Gasteiger partial charge on any atom is 0.245 e. The van der Waals surface area contributed by atoms with Gasteiger partial charge in [-0.15, -0.1) is 0 Å². The van der Waals surface area contributed by atoms with Crippen molar-refractivity contribution in [1.29, 1.82) is 0 Å². The standard InChI is InChI=1S/C31H38N4O7S/c1-20-30(37)33-25(15-21-6-3-2-4-7-21)31(38)35-18-22-14-23(26(35)8-5-9-29(36)32-20)19-34(17-22)43(39,40)24-10-11-27-28(16-24)42-13-12-41-27/h2-4,6-7,10-11,16,20,22-23,25-26H,5,8-9,12-15,17-19H2,1H3,(H,32,36)(H,33,37)/t20-,22+,23-,25+,26+/m1/s1. The molecule has 11 nitrogen and oxygen atoms in total. The molecule has 3 fully saturated rings. The number of ether oxygens (including phenoxy) is 2. The second-order valence-electron chi connectivity index (χ2n) is 12.0. The molecule has 2 aromatic rings. The van der Waals surface area contributed by atoms with Crippen molar-refractivity contribution in [3.8, 4) is 11.5 Å². The predicted octanol–water partition coefficient (Wildman–Crippen LogP) is 1.71. The van der Waals surface area contributed by atoms with E-state index in [0.717, 1.165) is 12.0 Å². The lowest BCUT2D eigenvalue weighted by atomic mass is 9.78. The van der Waals surface area contributed by atoms with E-state index < -0.39 is 28.0 Å². The summed E-state index contributed by atoms with van der Waals surface area (Å²) >= 11 is 0. The van der Waals surface area contributed by atoms with Crippen LogP contribution in [0.15, 0.2) is 53.4 Å². The molecule has 6 rings (SSSR count). The highest BCUT2D eigenvalue weighted by atomic mass is 32.2. The lowest BCUT2D eigenvalue weighted by molar-refractivity contribution is -0.145. The van der Waals surface area contributed by atoms with Crippen molar-refractivity contribution in [2.24, 2.45) is 11.8 Å². The van der Waals surface area contributed by atoms with Gasteiger partial charge in [-0.25, -0.2) is 8.42 Å². The van der Waals surface area contributed by atoms with Crippen LogP contribution in [0.5, 0.6) is 11.5 Å². The minimum Gasteiger partial charge on any atom is -0.486 e. The third kappa shape index (κ3) is 6.21. The van der Waals surface area contributed by atoms with Crippen molar-refractivity contribution < 1.29 is 32.3 Å². The number of nitrogens with one attached hydrogen (secondary N) is 2. The zero-order valence-electron chi connectivity index (χ0n) is 24.2. The van der Waals surface area contributed by atoms with Crippen molar-refractivity contribution in [3.63, 3.8) is 0 Å². The summed E-state index contributed by atoms with van der Waals surface area (Å²) in [7, 11) is -3.83. The minimum atomic E-state index is -3.83. The second kappa shape index (κ2) is 12.2. The zero-order chi connectivity index (χ0) is 30.1. The molecule has 2 bridgehead atoms. The normalized spacial score (nSPS) is 28.5. The molecule has 3 amide bonds. The molecular weight excluding hydrogens is 572 g/mol. The fourth-order valence-electron chi connectivity index (χ4n) is 6.85. The molecule has 0 unspecified atom stereocenters. The van der Waals surface area contributed by atoms with Gasteiger partial charge < -0.3 is 25.0 Å². The van der Waals surface area contributed by atoms with Gasteiger partial charge in [-0.1, -0.05) is 30.3 Å². The number of amides is 3. The highest BCUT2D eigenvalue weighted by Crippen LogP contribution is 2.39. The number of hydrogen-bond donors (Lipinski definition) is 2. The van der Waals surface area contributed by atoms with Gasteiger partial charge in [-0.3, -0.25) is 14.4 Å². The lowest BCUT2D eigenvalue weighted by Gasteiger charge is -2.51. The summed E-state index contributed by atoms with van der Waals surface area (Å²) in [5, 5.41) is 5.65. The minimum absolute atomic E-state index is 0.0610. The van der Waals surface area contributed by atoms with Gasteiger partial charge in [0.15, 0.2) is 11.5 Å². The first-order chi connectivity index (χ1) is 20.7. The Kier molecular flexibility index (Phi) is 8.32. The summed E-state index contributed by atoms with van der Waals surface area (Å²) in [6.07, 6.45) is 2.41. The van der Waals surface area contributed by atoms with Crippen LogP contribution in [0.3, 0.4) is 0 Å². The average molecular weight is 611 g/mol. The second-order valence-corrected chi connectivity index (χ2v) is 13.9. The van der Waals surface area contributed by atoms with Crippen molar-refractivity contribution >= 4 is 27.7 Å². The Labute approximate surface area is 251 Å². The van der Waals surface area contributed by atoms with Crippen molar-refractivity contribution in [1.82, 2.24) is 19.8 Å². The van der Waals surface area contributed by atoms with E-state index in [1.165, 1.54) is 10.4 Å². The molecule has 0 saturated carbocycles. The Bertz CT molecular complexity index is 1480. The first kappa shape index (κ1) is 29.4. The largest absolute Gasteiger partial charge is 0.486 e. The highest BCUT2D eigenvalue weighted by Gasteiger charge is 2.47. The topological polar surface area (TPSA) is 134 Å². The number of piperidine rings is 2. The summed E-state index contributed by atoms with van der Waals surface area (Å²) in [5.41, 5.74) is 0.912. The molecular formula is C31H38N4O7S. The summed E-state index contributed by atoms with van der Waals surface area (Å²) in [5.74, 6) is -0.0254. The summed E-state index contributed by atoms with van der Waals surface area (Å²) in [6, 6.07) is 12.4. The van der Waals surface area contributed by atoms with E-state index in [4.69, 9.17) is 9.47 Å². The molecule has 4 aliphatic heterocycles. The van der Waals surface area contributed by atoms with Crippen LogP contribution >= 0.6 is 0 Å². The third-order valence-corrected chi connectivity index (χ3v) is 10.8. The van der Waals surface area contributed by atoms with Crippen LogP contribution < -0.4 is 20.1 Å². The molecule has 12 heteroatoms. The molecule has 3 saturated heterocycles. The first-order valence-electron chi connectivity index (χ1n) is 15.0. The van der Waals surface area contributed by atoms with Crippen LogP contribution in [0.4, 0.5) is 0 Å². The van der Waals surface area contributed by atoms with Gasteiger partial charge in [0.2, 0.25) is 27.7 Å². The number of rotatable bonds is 4. The van der Waals surface area contributed by atoms with Crippen molar-refractivity contribution in [2.75, 3.05) is 32.8 Å². The Morgan fingerprint density at radius 2 is 1.70 bits per heavy atom. The molecule has 4 heterocycles. The van der Waals surface area contributed by atoms with E-state index in [9.17, 15) is 22.8 Å². The van der Waals surface area contributed by atoms with Crippen LogP contribution in [0.25, 0.3) is 0 Å². The Hall–Kier alpha value is -3.64. The maximum atomic E-state index is 14.3. The summed E-state index contributed by atoms with van der Waals surface area (Å²) in [6.45, 7) is 3.34. The van der Waals surface area contributed by atoms with Gasteiger partial charge in [-0.2, -0.15) is 4.31 Å². The zero-order valence-corrected chi connectivity index (χ0v) is 25.1. The van der Waals surface area contributed by atoms with Crippen LogP contribution in [-0.4, -0.2) is 86.3 Å². The van der Waals surface area contributed by atoms with E-state index in [2.05, 4.69) is 10.6 Å². The fourth-order valence-corrected chi connectivity index (χ4v) is 8.44. The highest BCUT2D eigenvalue weighted by molar-refractivity contribution is 7.89. The molecule has 0 aromatic heterocycles. The monoisotopic (exact) mass is 610 g/mol. The van der Waals surface area contributed by atoms with Gasteiger partial charge in [-0.05, 0) is 55.7 Å². The van der Waals surface area contributed by atoms with Crippen molar-refractivity contribution in [3.05, 3.63) is 54.1 Å². The Morgan fingerprint density at radius 3 is 2.49 bits per heavy atom. The van der Waals surface area contributed by atoms with Gasteiger partial charge in [0, 0.05) is 44.6 Å². The van der Waals surface area contributed by atoms with Crippen LogP contribution in [-0.2, 0) is 30.8 Å². The van der Waals surface area contributed by atoms with Crippen LogP contribution in [0.1, 0.15) is 38.2 Å². The Morgan fingerprint density at radius 1 is 0.930 bits per heavy atom. The first-order valence-corrected chi connectivity index (χ1v) is 16.5. The van der Waals surface area contributed by atoms with Crippen LogP contribution in [0.2, 0.25) is 0 Å². The molecule has 0 aliphatic carbocycles. The number of fused-ring (bicyclic) bond motifs is 5. The van der Waals surface area contributed by atoms with Gasteiger partial charge >= 0.3 is 0 Å². The number of carbonyl (C=O) groups excluding carboxylic acids is 3. The van der Waals surface area contributed by atoms with E-state index in [-0.39, 0.29) is 47.6 Å². The molecule has 2 aromatic carbocycles. The molecule has 0 spiro atoms. The quantitative estimate of drug-likeness (QED) is 0.539. The number of sulfonamides is 1. The molecule has 5 atom stereocenters.